The van der Waals surface area contributed by atoms with Gasteiger partial charge in [0, 0.05) is 33.9 Å². The molecule has 0 fully saturated rings. The van der Waals surface area contributed by atoms with Crippen molar-refractivity contribution in [2.45, 2.75) is 45.6 Å². The number of carbonyl (C=O) groups excluding carboxylic acids is 3. The fourth-order valence-electron chi connectivity index (χ4n) is 4.65. The van der Waals surface area contributed by atoms with Crippen LogP contribution in [0.4, 0.5) is 11.4 Å². The van der Waals surface area contributed by atoms with E-state index in [1.54, 1.807) is 47.4 Å². The lowest BCUT2D eigenvalue weighted by atomic mass is 10.0. The normalized spacial score (nSPS) is 14.6. The smallest absolute Gasteiger partial charge is 0.306 e. The molecule has 0 bridgehead atoms. The fourth-order valence-corrected chi connectivity index (χ4v) is 4.83. The van der Waals surface area contributed by atoms with Crippen LogP contribution in [0, 0.1) is 13.8 Å². The average molecular weight is 549 g/mol. The van der Waals surface area contributed by atoms with Gasteiger partial charge in [0.1, 0.15) is 6.10 Å². The number of hydrogen-bond donors (Lipinski definition) is 2. The Labute approximate surface area is 231 Å². The number of anilines is 2. The van der Waals surface area contributed by atoms with Crippen LogP contribution in [0.15, 0.2) is 60.7 Å². The van der Waals surface area contributed by atoms with E-state index in [0.29, 0.717) is 58.0 Å². The third-order valence-corrected chi connectivity index (χ3v) is 6.88. The molecule has 0 saturated heterocycles. The van der Waals surface area contributed by atoms with Crippen molar-refractivity contribution in [3.05, 3.63) is 93.5 Å². The Morgan fingerprint density at radius 1 is 0.974 bits per heavy atom. The molecule has 1 aliphatic heterocycles. The van der Waals surface area contributed by atoms with E-state index in [9.17, 15) is 19.2 Å². The molecule has 3 aromatic rings. The minimum Gasteiger partial charge on any atom is -0.481 e. The van der Waals surface area contributed by atoms with E-state index < -0.39 is 18.0 Å². The summed E-state index contributed by atoms with van der Waals surface area (Å²) in [6.07, 6.45) is -0.203. The van der Waals surface area contributed by atoms with Gasteiger partial charge in [0.2, 0.25) is 0 Å². The summed E-state index contributed by atoms with van der Waals surface area (Å²) in [5.74, 6) is -2.16. The first kappa shape index (κ1) is 27.9. The van der Waals surface area contributed by atoms with Crippen molar-refractivity contribution in [3.63, 3.8) is 0 Å². The van der Waals surface area contributed by atoms with Gasteiger partial charge in [-0.1, -0.05) is 29.8 Å². The van der Waals surface area contributed by atoms with Gasteiger partial charge in [-0.05, 0) is 80.3 Å². The molecule has 202 valence electrons. The zero-order valence-corrected chi connectivity index (χ0v) is 22.5. The second-order valence-corrected chi connectivity index (χ2v) is 9.91. The summed E-state index contributed by atoms with van der Waals surface area (Å²) < 4.78 is 5.62. The van der Waals surface area contributed by atoms with E-state index in [-0.39, 0.29) is 24.7 Å². The van der Waals surface area contributed by atoms with Crippen molar-refractivity contribution in [3.8, 4) is 0 Å². The molecule has 9 heteroatoms. The molecule has 3 aromatic carbocycles. The van der Waals surface area contributed by atoms with Crippen molar-refractivity contribution in [1.29, 1.82) is 0 Å². The molecule has 1 atom stereocenters. The molecule has 4 rings (SSSR count). The summed E-state index contributed by atoms with van der Waals surface area (Å²) in [5, 5.41) is 12.2. The summed E-state index contributed by atoms with van der Waals surface area (Å²) in [4.78, 5) is 51.3. The second-order valence-electron chi connectivity index (χ2n) is 9.47. The SMILES string of the molecule is Cc1ccccc1C(=O)Nc1ccc(C(=O)N2CCCC(OC(=O)CCC(=O)O)c3cc(Cl)ccc32)c(C)c1. The number of carbonyl (C=O) groups is 4. The van der Waals surface area contributed by atoms with Crippen molar-refractivity contribution < 1.29 is 29.0 Å². The number of aliphatic carboxylic acids is 1. The third-order valence-electron chi connectivity index (χ3n) is 6.64. The highest BCUT2D eigenvalue weighted by Gasteiger charge is 2.30. The maximum atomic E-state index is 13.8. The summed E-state index contributed by atoms with van der Waals surface area (Å²) >= 11 is 6.26. The van der Waals surface area contributed by atoms with E-state index in [2.05, 4.69) is 5.32 Å². The number of ether oxygens (including phenoxy) is 1. The summed E-state index contributed by atoms with van der Waals surface area (Å²) in [6.45, 7) is 4.07. The number of aryl methyl sites for hydroxylation is 2. The fraction of sp³-hybridized carbons (Fsp3) is 0.267. The quantitative estimate of drug-likeness (QED) is 0.345. The Bertz CT molecular complexity index is 1440. The lowest BCUT2D eigenvalue weighted by molar-refractivity contribution is -0.152. The maximum absolute atomic E-state index is 13.8. The summed E-state index contributed by atoms with van der Waals surface area (Å²) in [5.41, 5.74) is 4.36. The first-order valence-corrected chi connectivity index (χ1v) is 13.0. The Kier molecular flexibility index (Phi) is 8.66. The molecular formula is C30H29ClN2O6. The van der Waals surface area contributed by atoms with Gasteiger partial charge >= 0.3 is 11.9 Å². The van der Waals surface area contributed by atoms with Gasteiger partial charge in [0.15, 0.2) is 0 Å². The van der Waals surface area contributed by atoms with Crippen LogP contribution in [0.3, 0.4) is 0 Å². The number of nitrogens with zero attached hydrogens (tertiary/aromatic N) is 1. The van der Waals surface area contributed by atoms with Gasteiger partial charge in [-0.3, -0.25) is 19.2 Å². The molecule has 1 unspecified atom stereocenters. The van der Waals surface area contributed by atoms with E-state index in [4.69, 9.17) is 21.4 Å². The molecule has 39 heavy (non-hydrogen) atoms. The lowest BCUT2D eigenvalue weighted by Crippen LogP contribution is -2.32. The molecule has 0 spiro atoms. The van der Waals surface area contributed by atoms with Crippen LogP contribution < -0.4 is 10.2 Å². The van der Waals surface area contributed by atoms with Crippen molar-refractivity contribution in [1.82, 2.24) is 0 Å². The zero-order chi connectivity index (χ0) is 28.1. The maximum Gasteiger partial charge on any atom is 0.306 e. The van der Waals surface area contributed by atoms with Crippen molar-refractivity contribution in [2.75, 3.05) is 16.8 Å². The van der Waals surface area contributed by atoms with Crippen LogP contribution in [-0.4, -0.2) is 35.4 Å². The molecule has 2 amide bonds. The lowest BCUT2D eigenvalue weighted by Gasteiger charge is -2.25. The number of esters is 1. The van der Waals surface area contributed by atoms with Crippen LogP contribution in [0.25, 0.3) is 0 Å². The van der Waals surface area contributed by atoms with E-state index >= 15 is 0 Å². The number of halogens is 1. The van der Waals surface area contributed by atoms with Gasteiger partial charge < -0.3 is 20.1 Å². The number of hydrogen-bond acceptors (Lipinski definition) is 5. The zero-order valence-electron chi connectivity index (χ0n) is 21.7. The number of benzene rings is 3. The predicted octanol–water partition coefficient (Wildman–Crippen LogP) is 6.10. The largest absolute Gasteiger partial charge is 0.481 e. The predicted molar refractivity (Wildman–Crippen MR) is 148 cm³/mol. The highest BCUT2D eigenvalue weighted by Crippen LogP contribution is 2.38. The third kappa shape index (κ3) is 6.64. The minimum atomic E-state index is -1.08. The first-order chi connectivity index (χ1) is 18.6. The Hall–Kier alpha value is -4.17. The van der Waals surface area contributed by atoms with Crippen molar-refractivity contribution >= 4 is 46.7 Å². The summed E-state index contributed by atoms with van der Waals surface area (Å²) in [7, 11) is 0. The molecule has 2 N–H and O–H groups in total. The molecule has 8 nitrogen and oxygen atoms in total. The van der Waals surface area contributed by atoms with Crippen molar-refractivity contribution in [2.24, 2.45) is 0 Å². The van der Waals surface area contributed by atoms with E-state index in [1.807, 2.05) is 32.0 Å². The van der Waals surface area contributed by atoms with E-state index in [1.165, 1.54) is 0 Å². The second kappa shape index (κ2) is 12.1. The van der Waals surface area contributed by atoms with Crippen LogP contribution in [0.5, 0.6) is 0 Å². The number of rotatable bonds is 7. The monoisotopic (exact) mass is 548 g/mol. The molecule has 0 aliphatic carbocycles. The molecule has 0 radical (unpaired) electrons. The van der Waals surface area contributed by atoms with Gasteiger partial charge in [-0.2, -0.15) is 0 Å². The Balaban J connectivity index is 1.56. The minimum absolute atomic E-state index is 0.228. The average Bonchev–Trinajstić information content (AvgIpc) is 3.06. The number of amides is 2. The van der Waals surface area contributed by atoms with Gasteiger partial charge in [-0.25, -0.2) is 0 Å². The molecular weight excluding hydrogens is 520 g/mol. The molecule has 1 aliphatic rings. The summed E-state index contributed by atoms with van der Waals surface area (Å²) in [6, 6.07) is 17.5. The Morgan fingerprint density at radius 3 is 2.46 bits per heavy atom. The molecule has 1 heterocycles. The molecule has 0 saturated carbocycles. The van der Waals surface area contributed by atoms with E-state index in [0.717, 1.165) is 5.56 Å². The van der Waals surface area contributed by atoms with Gasteiger partial charge in [0.05, 0.1) is 18.5 Å². The highest BCUT2D eigenvalue weighted by atomic mass is 35.5. The number of carboxylic acid groups (broad SMARTS) is 1. The van der Waals surface area contributed by atoms with Crippen LogP contribution >= 0.6 is 11.6 Å². The topological polar surface area (TPSA) is 113 Å². The van der Waals surface area contributed by atoms with Gasteiger partial charge in [0.25, 0.3) is 11.8 Å². The van der Waals surface area contributed by atoms with Crippen LogP contribution in [0.1, 0.15) is 69.2 Å². The number of nitrogens with one attached hydrogen (secondary N) is 1. The highest BCUT2D eigenvalue weighted by molar-refractivity contribution is 6.30. The standard InChI is InChI=1S/C30H29ClN2O6/c1-18-6-3-4-7-22(18)29(37)32-21-10-11-23(19(2)16-21)30(38)33-15-5-8-26(39-28(36)14-13-27(34)35)24-17-20(31)9-12-25(24)33/h3-4,6-7,9-12,16-17,26H,5,8,13-15H2,1-2H3,(H,32,37)(H,34,35). The van der Waals surface area contributed by atoms with Crippen LogP contribution in [-0.2, 0) is 14.3 Å². The van der Waals surface area contributed by atoms with Crippen LogP contribution in [0.2, 0.25) is 5.02 Å². The van der Waals surface area contributed by atoms with Gasteiger partial charge in [-0.15, -0.1) is 0 Å². The Morgan fingerprint density at radius 2 is 1.74 bits per heavy atom. The first-order valence-electron chi connectivity index (χ1n) is 12.6. The molecule has 0 aromatic heterocycles. The number of fused-ring (bicyclic) bond motifs is 1. The number of carboxylic acids is 1.